The van der Waals surface area contributed by atoms with E-state index in [4.69, 9.17) is 0 Å². The minimum atomic E-state index is -0.316. The maximum absolute atomic E-state index is 2.26. The first-order valence-electron chi connectivity index (χ1n) is 3.67. The molecule has 0 aliphatic carbocycles. The zero-order valence-electron chi connectivity index (χ0n) is 6.22. The van der Waals surface area contributed by atoms with E-state index >= 15 is 0 Å². The van der Waals surface area contributed by atoms with Crippen LogP contribution in [0.3, 0.4) is 0 Å². The summed E-state index contributed by atoms with van der Waals surface area (Å²) in [7, 11) is -0.316. The van der Waals surface area contributed by atoms with Gasteiger partial charge in [-0.25, -0.2) is 0 Å². The summed E-state index contributed by atoms with van der Waals surface area (Å²) in [4.78, 5) is 0. The van der Waals surface area contributed by atoms with Crippen molar-refractivity contribution >= 4 is 9.84 Å². The summed E-state index contributed by atoms with van der Waals surface area (Å²) in [6.07, 6.45) is 8.47. The molecule has 11 heavy (non-hydrogen) atoms. The highest BCUT2D eigenvalue weighted by atomic mass is 28.2. The van der Waals surface area contributed by atoms with Crippen LogP contribution in [0.2, 0.25) is 0 Å². The number of rotatable bonds is 2. The molecule has 0 spiro atoms. The third kappa shape index (κ3) is 1.43. The predicted octanol–water partition coefficient (Wildman–Crippen LogP) is 0.685. The average Bonchev–Trinajstić information content (AvgIpc) is 2.60. The number of hydrogen-bond acceptors (Lipinski definition) is 0. The summed E-state index contributed by atoms with van der Waals surface area (Å²) < 4.78 is 4.53. The third-order valence-corrected chi connectivity index (χ3v) is 3.16. The van der Waals surface area contributed by atoms with Gasteiger partial charge in [-0.05, 0) is 49.1 Å². The summed E-state index contributed by atoms with van der Waals surface area (Å²) in [6.45, 7) is 0. The Kier molecular flexibility index (Phi) is 1.65. The molecular weight excluding hydrogens is 152 g/mol. The van der Waals surface area contributed by atoms with E-state index in [-0.39, 0.29) is 9.84 Å². The summed E-state index contributed by atoms with van der Waals surface area (Å²) >= 11 is 0. The van der Waals surface area contributed by atoms with E-state index in [1.165, 1.54) is 0 Å². The van der Waals surface area contributed by atoms with Gasteiger partial charge in [-0.15, -0.1) is 0 Å². The molecule has 2 rings (SSSR count). The van der Waals surface area contributed by atoms with Crippen molar-refractivity contribution < 1.29 is 0 Å². The normalized spacial score (nSPS) is 10.2. The van der Waals surface area contributed by atoms with E-state index in [1.807, 2.05) is 0 Å². The van der Waals surface area contributed by atoms with Gasteiger partial charge in [0.25, 0.3) is 0 Å². The molecule has 0 saturated heterocycles. The molecule has 0 fully saturated rings. The van der Waals surface area contributed by atoms with Gasteiger partial charge in [0.2, 0.25) is 9.84 Å². The van der Waals surface area contributed by atoms with Crippen molar-refractivity contribution in [1.82, 2.24) is 8.47 Å². The summed E-state index contributed by atoms with van der Waals surface area (Å²) in [6, 6.07) is 8.26. The van der Waals surface area contributed by atoms with Crippen molar-refractivity contribution in [3.05, 3.63) is 49.1 Å². The first kappa shape index (κ1) is 6.48. The average molecular weight is 162 g/mol. The molecule has 3 heteroatoms. The SMILES string of the molecule is c1ccn([SiH2]n2cccc2)c1. The molecule has 0 amide bonds. The molecule has 0 atom stereocenters. The van der Waals surface area contributed by atoms with Gasteiger partial charge < -0.3 is 8.47 Å². The Morgan fingerprint density at radius 2 is 1.00 bits per heavy atom. The molecule has 0 aliphatic heterocycles. The Hall–Kier alpha value is -1.22. The van der Waals surface area contributed by atoms with Crippen molar-refractivity contribution in [3.63, 3.8) is 0 Å². The lowest BCUT2D eigenvalue weighted by atomic mass is 10.7. The van der Waals surface area contributed by atoms with Crippen LogP contribution in [0.25, 0.3) is 0 Å². The number of hydrogen-bond donors (Lipinski definition) is 0. The Labute approximate surface area is 68.1 Å². The Morgan fingerprint density at radius 1 is 0.636 bits per heavy atom. The van der Waals surface area contributed by atoms with Crippen molar-refractivity contribution in [3.8, 4) is 0 Å². The van der Waals surface area contributed by atoms with Crippen LogP contribution in [0.5, 0.6) is 0 Å². The highest BCUT2D eigenvalue weighted by Gasteiger charge is 1.89. The van der Waals surface area contributed by atoms with Crippen molar-refractivity contribution in [2.75, 3.05) is 0 Å². The third-order valence-electron chi connectivity index (χ3n) is 1.66. The Balaban J connectivity index is 2.14. The summed E-state index contributed by atoms with van der Waals surface area (Å²) in [5, 5.41) is 0. The van der Waals surface area contributed by atoms with Crippen molar-refractivity contribution in [1.29, 1.82) is 0 Å². The largest absolute Gasteiger partial charge is 0.367 e. The molecule has 2 aromatic heterocycles. The standard InChI is InChI=1S/C8H10N2Si/c1-2-6-9(5-1)11-10-7-3-4-8-10/h1-8H,11H2. The highest BCUT2D eigenvalue weighted by Crippen LogP contribution is 1.90. The maximum atomic E-state index is 2.26. The molecule has 0 aliphatic rings. The Morgan fingerprint density at radius 3 is 1.36 bits per heavy atom. The second kappa shape index (κ2) is 2.80. The fraction of sp³-hybridized carbons (Fsp3) is 0. The monoisotopic (exact) mass is 162 g/mol. The maximum Gasteiger partial charge on any atom is 0.238 e. The van der Waals surface area contributed by atoms with Gasteiger partial charge in [-0.3, -0.25) is 0 Å². The van der Waals surface area contributed by atoms with Gasteiger partial charge in [0.1, 0.15) is 0 Å². The lowest BCUT2D eigenvalue weighted by Crippen LogP contribution is -2.12. The molecule has 2 aromatic rings. The molecule has 0 aromatic carbocycles. The van der Waals surface area contributed by atoms with Gasteiger partial charge in [0.05, 0.1) is 0 Å². The molecule has 56 valence electrons. The van der Waals surface area contributed by atoms with Gasteiger partial charge in [0.15, 0.2) is 0 Å². The topological polar surface area (TPSA) is 9.86 Å². The van der Waals surface area contributed by atoms with Crippen LogP contribution >= 0.6 is 0 Å². The van der Waals surface area contributed by atoms with Crippen LogP contribution < -0.4 is 0 Å². The molecule has 0 bridgehead atoms. The molecule has 0 radical (unpaired) electrons. The van der Waals surface area contributed by atoms with E-state index in [2.05, 4.69) is 57.5 Å². The minimum absolute atomic E-state index is 0.316. The van der Waals surface area contributed by atoms with E-state index in [0.717, 1.165) is 0 Å². The van der Waals surface area contributed by atoms with Crippen molar-refractivity contribution in [2.24, 2.45) is 0 Å². The van der Waals surface area contributed by atoms with E-state index < -0.39 is 0 Å². The van der Waals surface area contributed by atoms with Gasteiger partial charge in [-0.2, -0.15) is 0 Å². The lowest BCUT2D eigenvalue weighted by molar-refractivity contribution is 1.11. The quantitative estimate of drug-likeness (QED) is 0.575. The Bertz CT molecular complexity index is 264. The minimum Gasteiger partial charge on any atom is -0.367 e. The molecule has 0 saturated carbocycles. The van der Waals surface area contributed by atoms with Crippen LogP contribution in [0.15, 0.2) is 49.1 Å². The second-order valence-electron chi connectivity index (χ2n) is 2.54. The highest BCUT2D eigenvalue weighted by molar-refractivity contribution is 6.31. The zero-order chi connectivity index (χ0) is 7.52. The second-order valence-corrected chi connectivity index (χ2v) is 4.28. The van der Waals surface area contributed by atoms with Gasteiger partial charge >= 0.3 is 0 Å². The van der Waals surface area contributed by atoms with Crippen LogP contribution in [0.4, 0.5) is 0 Å². The lowest BCUT2D eigenvalue weighted by Gasteiger charge is -2.01. The number of aromatic nitrogens is 2. The van der Waals surface area contributed by atoms with E-state index in [9.17, 15) is 0 Å². The first-order valence-corrected chi connectivity index (χ1v) is 4.93. The van der Waals surface area contributed by atoms with Gasteiger partial charge in [-0.1, -0.05) is 0 Å². The molecule has 0 N–H and O–H groups in total. The summed E-state index contributed by atoms with van der Waals surface area (Å²) in [5.74, 6) is 0. The van der Waals surface area contributed by atoms with Crippen molar-refractivity contribution in [2.45, 2.75) is 0 Å². The van der Waals surface area contributed by atoms with E-state index in [1.54, 1.807) is 0 Å². The van der Waals surface area contributed by atoms with Crippen LogP contribution in [0.1, 0.15) is 0 Å². The predicted molar refractivity (Wildman–Crippen MR) is 48.2 cm³/mol. The molecule has 0 unspecified atom stereocenters. The van der Waals surface area contributed by atoms with Gasteiger partial charge in [0, 0.05) is 0 Å². The molecular formula is C8H10N2Si. The van der Waals surface area contributed by atoms with Crippen LogP contribution in [-0.2, 0) is 0 Å². The first-order chi connectivity index (χ1) is 5.45. The summed E-state index contributed by atoms with van der Waals surface area (Å²) in [5.41, 5.74) is 0. The van der Waals surface area contributed by atoms with Crippen LogP contribution in [-0.4, -0.2) is 18.3 Å². The number of nitrogens with zero attached hydrogens (tertiary/aromatic N) is 2. The molecule has 2 heterocycles. The fourth-order valence-corrected chi connectivity index (χ4v) is 2.36. The fourth-order valence-electron chi connectivity index (χ4n) is 1.12. The molecule has 2 nitrogen and oxygen atoms in total. The van der Waals surface area contributed by atoms with E-state index in [0.29, 0.717) is 0 Å². The zero-order valence-corrected chi connectivity index (χ0v) is 7.63. The smallest absolute Gasteiger partial charge is 0.238 e. The van der Waals surface area contributed by atoms with Crippen LogP contribution in [0, 0.1) is 0 Å².